The van der Waals surface area contributed by atoms with Gasteiger partial charge in [0.15, 0.2) is 0 Å². The Balaban J connectivity index is 1.50. The molecule has 25 heavy (non-hydrogen) atoms. The van der Waals surface area contributed by atoms with E-state index < -0.39 is 0 Å². The molecule has 1 unspecified atom stereocenters. The second-order valence-electron chi connectivity index (χ2n) is 6.80. The minimum atomic E-state index is 0.0269. The first-order valence-electron chi connectivity index (χ1n) is 8.78. The average Bonchev–Trinajstić information content (AvgIpc) is 3.03. The van der Waals surface area contributed by atoms with Crippen molar-refractivity contribution in [2.45, 2.75) is 32.1 Å². The van der Waals surface area contributed by atoms with Crippen LogP contribution in [0, 0.1) is 6.92 Å². The highest BCUT2D eigenvalue weighted by atomic mass is 35.5. The van der Waals surface area contributed by atoms with E-state index in [4.69, 9.17) is 11.6 Å². The zero-order valence-electron chi connectivity index (χ0n) is 14.8. The number of amides is 1. The van der Waals surface area contributed by atoms with E-state index >= 15 is 0 Å². The van der Waals surface area contributed by atoms with Gasteiger partial charge in [0, 0.05) is 55.6 Å². The van der Waals surface area contributed by atoms with Crippen LogP contribution >= 0.6 is 11.6 Å². The van der Waals surface area contributed by atoms with E-state index in [1.807, 2.05) is 38.5 Å². The first-order chi connectivity index (χ1) is 12.0. The molecule has 5 nitrogen and oxygen atoms in total. The summed E-state index contributed by atoms with van der Waals surface area (Å²) in [4.78, 5) is 19.1. The summed E-state index contributed by atoms with van der Waals surface area (Å²) in [6.45, 7) is 4.73. The molecule has 1 amide bonds. The number of aromatic nitrogens is 2. The van der Waals surface area contributed by atoms with Crippen molar-refractivity contribution in [3.05, 3.63) is 47.0 Å². The molecule has 1 aromatic carbocycles. The highest BCUT2D eigenvalue weighted by Gasteiger charge is 2.24. The van der Waals surface area contributed by atoms with Crippen LogP contribution in [0.25, 0.3) is 0 Å². The van der Waals surface area contributed by atoms with Crippen molar-refractivity contribution in [3.8, 4) is 0 Å². The van der Waals surface area contributed by atoms with Crippen molar-refractivity contribution in [2.75, 3.05) is 25.0 Å². The van der Waals surface area contributed by atoms with Crippen molar-refractivity contribution in [2.24, 2.45) is 7.05 Å². The number of benzene rings is 1. The first-order valence-corrected chi connectivity index (χ1v) is 9.16. The summed E-state index contributed by atoms with van der Waals surface area (Å²) in [5, 5.41) is 3.60. The predicted molar refractivity (Wildman–Crippen MR) is 101 cm³/mol. The second kappa shape index (κ2) is 8.02. The van der Waals surface area contributed by atoms with Crippen molar-refractivity contribution in [1.82, 2.24) is 14.5 Å². The van der Waals surface area contributed by atoms with Gasteiger partial charge in [-0.25, -0.2) is 4.98 Å². The lowest BCUT2D eigenvalue weighted by Crippen LogP contribution is -2.37. The van der Waals surface area contributed by atoms with Crippen LogP contribution in [0.2, 0.25) is 5.02 Å². The summed E-state index contributed by atoms with van der Waals surface area (Å²) in [5.41, 5.74) is 1.76. The van der Waals surface area contributed by atoms with Gasteiger partial charge in [-0.15, -0.1) is 0 Å². The third-order valence-electron chi connectivity index (χ3n) is 4.84. The Hall–Kier alpha value is -1.85. The van der Waals surface area contributed by atoms with Gasteiger partial charge in [0.25, 0.3) is 0 Å². The number of hydrogen-bond donors (Lipinski definition) is 1. The summed E-state index contributed by atoms with van der Waals surface area (Å²) in [6, 6.07) is 5.60. The largest absolute Gasteiger partial charge is 0.338 e. The molecule has 0 bridgehead atoms. The Labute approximate surface area is 154 Å². The Bertz CT molecular complexity index is 743. The zero-order chi connectivity index (χ0) is 17.8. The lowest BCUT2D eigenvalue weighted by molar-refractivity contribution is -0.116. The number of aryl methyl sites for hydroxylation is 2. The summed E-state index contributed by atoms with van der Waals surface area (Å²) in [5.74, 6) is 1.62. The Morgan fingerprint density at radius 2 is 2.28 bits per heavy atom. The average molecular weight is 361 g/mol. The number of anilines is 1. The molecule has 1 aliphatic rings. The molecule has 1 saturated heterocycles. The predicted octanol–water partition coefficient (Wildman–Crippen LogP) is 3.59. The molecule has 0 saturated carbocycles. The van der Waals surface area contributed by atoms with Gasteiger partial charge in [-0.05, 0) is 44.0 Å². The monoisotopic (exact) mass is 360 g/mol. The van der Waals surface area contributed by atoms with Crippen LogP contribution < -0.4 is 5.32 Å². The van der Waals surface area contributed by atoms with Crippen molar-refractivity contribution in [3.63, 3.8) is 0 Å². The Morgan fingerprint density at radius 1 is 1.44 bits per heavy atom. The van der Waals surface area contributed by atoms with Gasteiger partial charge in [0.05, 0.1) is 0 Å². The SMILES string of the molecule is Cc1ccc(NC(=O)CCN2CCCC(c3nccn3C)C2)cc1Cl. The van der Waals surface area contributed by atoms with Crippen molar-refractivity contribution in [1.29, 1.82) is 0 Å². The van der Waals surface area contributed by atoms with Crippen molar-refractivity contribution < 1.29 is 4.79 Å². The van der Waals surface area contributed by atoms with Gasteiger partial charge in [-0.2, -0.15) is 0 Å². The normalized spacial score (nSPS) is 18.3. The Morgan fingerprint density at radius 3 is 3.00 bits per heavy atom. The molecular weight excluding hydrogens is 336 g/mol. The van der Waals surface area contributed by atoms with Crippen LogP contribution in [0.15, 0.2) is 30.6 Å². The molecule has 1 aromatic heterocycles. The van der Waals surface area contributed by atoms with E-state index in [0.717, 1.165) is 49.6 Å². The lowest BCUT2D eigenvalue weighted by atomic mass is 9.97. The zero-order valence-corrected chi connectivity index (χ0v) is 15.6. The van der Waals surface area contributed by atoms with Gasteiger partial charge < -0.3 is 14.8 Å². The number of carbonyl (C=O) groups excluding carboxylic acids is 1. The van der Waals surface area contributed by atoms with E-state index in [1.54, 1.807) is 6.07 Å². The van der Waals surface area contributed by atoms with Gasteiger partial charge in [-0.3, -0.25) is 4.79 Å². The fourth-order valence-electron chi connectivity index (χ4n) is 3.39. The minimum absolute atomic E-state index is 0.0269. The summed E-state index contributed by atoms with van der Waals surface area (Å²) < 4.78 is 2.10. The standard InChI is InChI=1S/C19H25ClN4O/c1-14-5-6-16(12-17(14)20)22-18(25)7-10-24-9-3-4-15(13-24)19-21-8-11-23(19)2/h5-6,8,11-12,15H,3-4,7,9-10,13H2,1-2H3,(H,22,25). The molecule has 1 atom stereocenters. The van der Waals surface area contributed by atoms with Crippen LogP contribution in [-0.4, -0.2) is 40.0 Å². The second-order valence-corrected chi connectivity index (χ2v) is 7.21. The smallest absolute Gasteiger partial charge is 0.225 e. The number of hydrogen-bond acceptors (Lipinski definition) is 3. The molecule has 134 valence electrons. The number of halogens is 1. The summed E-state index contributed by atoms with van der Waals surface area (Å²) in [7, 11) is 2.04. The van der Waals surface area contributed by atoms with Gasteiger partial charge in [0.2, 0.25) is 5.91 Å². The summed E-state index contributed by atoms with van der Waals surface area (Å²) in [6.07, 6.45) is 6.64. The molecule has 3 rings (SSSR count). The molecule has 2 aromatic rings. The first kappa shape index (κ1) is 18.0. The molecular formula is C19H25ClN4O. The fourth-order valence-corrected chi connectivity index (χ4v) is 3.57. The maximum Gasteiger partial charge on any atom is 0.225 e. The van der Waals surface area contributed by atoms with Gasteiger partial charge in [-0.1, -0.05) is 17.7 Å². The van der Waals surface area contributed by atoms with E-state index in [9.17, 15) is 4.79 Å². The molecule has 0 radical (unpaired) electrons. The van der Waals surface area contributed by atoms with E-state index in [-0.39, 0.29) is 5.91 Å². The lowest BCUT2D eigenvalue weighted by Gasteiger charge is -2.32. The molecule has 1 N–H and O–H groups in total. The fraction of sp³-hybridized carbons (Fsp3) is 0.474. The van der Waals surface area contributed by atoms with Crippen LogP contribution in [-0.2, 0) is 11.8 Å². The molecule has 0 aliphatic carbocycles. The number of nitrogens with zero attached hydrogens (tertiary/aromatic N) is 3. The van der Waals surface area contributed by atoms with E-state index in [0.29, 0.717) is 17.4 Å². The van der Waals surface area contributed by atoms with Crippen LogP contribution in [0.1, 0.15) is 36.6 Å². The van der Waals surface area contributed by atoms with Crippen LogP contribution in [0.3, 0.4) is 0 Å². The maximum absolute atomic E-state index is 12.2. The van der Waals surface area contributed by atoms with E-state index in [2.05, 4.69) is 19.8 Å². The Kier molecular flexibility index (Phi) is 5.76. The quantitative estimate of drug-likeness (QED) is 0.886. The summed E-state index contributed by atoms with van der Waals surface area (Å²) >= 11 is 6.11. The minimum Gasteiger partial charge on any atom is -0.338 e. The van der Waals surface area contributed by atoms with Gasteiger partial charge >= 0.3 is 0 Å². The highest BCUT2D eigenvalue weighted by Crippen LogP contribution is 2.25. The molecule has 1 aliphatic heterocycles. The number of likely N-dealkylation sites (tertiary alicyclic amines) is 1. The molecule has 6 heteroatoms. The number of imidazole rings is 1. The molecule has 1 fully saturated rings. The molecule has 0 spiro atoms. The number of carbonyl (C=O) groups is 1. The van der Waals surface area contributed by atoms with Crippen molar-refractivity contribution >= 4 is 23.2 Å². The highest BCUT2D eigenvalue weighted by molar-refractivity contribution is 6.31. The number of rotatable bonds is 5. The topological polar surface area (TPSA) is 50.2 Å². The van der Waals surface area contributed by atoms with E-state index in [1.165, 1.54) is 0 Å². The third kappa shape index (κ3) is 4.61. The van der Waals surface area contributed by atoms with Crippen LogP contribution in [0.5, 0.6) is 0 Å². The third-order valence-corrected chi connectivity index (χ3v) is 5.25. The molecule has 2 heterocycles. The number of piperidine rings is 1. The van der Waals surface area contributed by atoms with Gasteiger partial charge in [0.1, 0.15) is 5.82 Å². The maximum atomic E-state index is 12.2. The number of nitrogens with one attached hydrogen (secondary N) is 1. The van der Waals surface area contributed by atoms with Crippen LogP contribution in [0.4, 0.5) is 5.69 Å².